The van der Waals surface area contributed by atoms with Crippen LogP contribution in [-0.4, -0.2) is 17.4 Å². The number of non-ortho nitro benzene ring substituents is 1. The van der Waals surface area contributed by atoms with E-state index in [4.69, 9.17) is 0 Å². The molecule has 0 radical (unpaired) electrons. The number of nitrogens with zero attached hydrogens (tertiary/aromatic N) is 2. The SMILES string of the molecule is C=CCN1C(=O)C(C)(C)c2cc([N+](=O)[O-])ccc21.CC. The van der Waals surface area contributed by atoms with Crippen molar-refractivity contribution in [3.05, 3.63) is 46.5 Å². The van der Waals surface area contributed by atoms with Crippen LogP contribution in [0.3, 0.4) is 0 Å². The minimum absolute atomic E-state index is 0.00933. The van der Waals surface area contributed by atoms with Gasteiger partial charge < -0.3 is 4.90 Å². The first-order valence-electron chi connectivity index (χ1n) is 6.61. The fourth-order valence-corrected chi connectivity index (χ4v) is 2.25. The van der Waals surface area contributed by atoms with Crippen LogP contribution in [0.15, 0.2) is 30.9 Å². The Morgan fingerprint density at radius 2 is 2.00 bits per heavy atom. The van der Waals surface area contributed by atoms with Crippen molar-refractivity contribution in [2.24, 2.45) is 0 Å². The number of benzene rings is 1. The lowest BCUT2D eigenvalue weighted by Gasteiger charge is -2.18. The number of hydrogen-bond donors (Lipinski definition) is 0. The van der Waals surface area contributed by atoms with Crippen molar-refractivity contribution in [2.45, 2.75) is 33.1 Å². The number of anilines is 1. The summed E-state index contributed by atoms with van der Waals surface area (Å²) in [5.74, 6) is -0.0575. The van der Waals surface area contributed by atoms with Crippen LogP contribution in [0.5, 0.6) is 0 Å². The van der Waals surface area contributed by atoms with E-state index in [0.717, 1.165) is 5.69 Å². The summed E-state index contributed by atoms with van der Waals surface area (Å²) in [6.45, 7) is 11.6. The lowest BCUT2D eigenvalue weighted by atomic mass is 9.86. The molecule has 1 heterocycles. The molecule has 1 aromatic carbocycles. The molecule has 0 atom stereocenters. The van der Waals surface area contributed by atoms with Gasteiger partial charge >= 0.3 is 0 Å². The third kappa shape index (κ3) is 2.43. The Morgan fingerprint density at radius 3 is 2.50 bits per heavy atom. The summed E-state index contributed by atoms with van der Waals surface area (Å²) < 4.78 is 0. The predicted molar refractivity (Wildman–Crippen MR) is 80.0 cm³/mol. The molecule has 1 aromatic rings. The van der Waals surface area contributed by atoms with Crippen molar-refractivity contribution >= 4 is 17.3 Å². The van der Waals surface area contributed by atoms with Gasteiger partial charge in [-0.15, -0.1) is 6.58 Å². The predicted octanol–water partition coefficient (Wildman–Crippen LogP) is 3.43. The van der Waals surface area contributed by atoms with E-state index in [1.165, 1.54) is 12.1 Å². The van der Waals surface area contributed by atoms with Crippen LogP contribution < -0.4 is 4.90 Å². The number of nitro benzene ring substituents is 1. The Hall–Kier alpha value is -2.17. The molecule has 108 valence electrons. The highest BCUT2D eigenvalue weighted by atomic mass is 16.6. The highest BCUT2D eigenvalue weighted by molar-refractivity contribution is 6.07. The Bertz CT molecular complexity index is 550. The molecule has 0 N–H and O–H groups in total. The topological polar surface area (TPSA) is 63.5 Å². The smallest absolute Gasteiger partial charge is 0.269 e. The molecule has 2 rings (SSSR count). The van der Waals surface area contributed by atoms with Gasteiger partial charge in [0.2, 0.25) is 5.91 Å². The highest BCUT2D eigenvalue weighted by Gasteiger charge is 2.44. The standard InChI is InChI=1S/C13H14N2O3.C2H6/c1-4-7-14-11-6-5-9(15(17)18)8-10(11)13(2,3)12(14)16;1-2/h4-6,8H,1,7H2,2-3H3;1-2H3. The molecule has 5 heteroatoms. The van der Waals surface area contributed by atoms with Crippen molar-refractivity contribution in [1.82, 2.24) is 0 Å². The molecule has 0 saturated heterocycles. The van der Waals surface area contributed by atoms with Gasteiger partial charge in [0.05, 0.1) is 10.3 Å². The fourth-order valence-electron chi connectivity index (χ4n) is 2.25. The molecular weight excluding hydrogens is 256 g/mol. The molecule has 0 aromatic heterocycles. The van der Waals surface area contributed by atoms with E-state index >= 15 is 0 Å². The van der Waals surface area contributed by atoms with Crippen LogP contribution in [0.25, 0.3) is 0 Å². The average molecular weight is 276 g/mol. The van der Waals surface area contributed by atoms with E-state index in [0.29, 0.717) is 12.1 Å². The summed E-state index contributed by atoms with van der Waals surface area (Å²) in [4.78, 5) is 24.2. The van der Waals surface area contributed by atoms with Crippen molar-refractivity contribution in [3.8, 4) is 0 Å². The molecule has 1 amide bonds. The van der Waals surface area contributed by atoms with Crippen LogP contribution in [-0.2, 0) is 10.2 Å². The zero-order valence-electron chi connectivity index (χ0n) is 12.3. The quantitative estimate of drug-likeness (QED) is 0.482. The summed E-state index contributed by atoms with van der Waals surface area (Å²) >= 11 is 0. The molecule has 0 spiro atoms. The largest absolute Gasteiger partial charge is 0.308 e. The first-order valence-corrected chi connectivity index (χ1v) is 6.61. The van der Waals surface area contributed by atoms with Gasteiger partial charge in [0.25, 0.3) is 5.69 Å². The zero-order chi connectivity index (χ0) is 15.5. The van der Waals surface area contributed by atoms with Crippen molar-refractivity contribution < 1.29 is 9.72 Å². The van der Waals surface area contributed by atoms with E-state index in [1.807, 2.05) is 13.8 Å². The van der Waals surface area contributed by atoms with Crippen LogP contribution in [0.4, 0.5) is 11.4 Å². The molecule has 1 aliphatic rings. The molecule has 0 unspecified atom stereocenters. The van der Waals surface area contributed by atoms with Gasteiger partial charge in [-0.3, -0.25) is 14.9 Å². The minimum Gasteiger partial charge on any atom is -0.308 e. The Labute approximate surface area is 119 Å². The lowest BCUT2D eigenvalue weighted by Crippen LogP contribution is -2.36. The summed E-state index contributed by atoms with van der Waals surface area (Å²) in [7, 11) is 0. The van der Waals surface area contributed by atoms with Gasteiger partial charge in [-0.2, -0.15) is 0 Å². The number of fused-ring (bicyclic) bond motifs is 1. The number of hydrogen-bond acceptors (Lipinski definition) is 3. The molecule has 0 bridgehead atoms. The maximum atomic E-state index is 12.3. The summed E-state index contributed by atoms with van der Waals surface area (Å²) in [6, 6.07) is 4.53. The summed E-state index contributed by atoms with van der Waals surface area (Å²) in [5, 5.41) is 10.8. The normalized spacial score (nSPS) is 15.2. The second kappa shape index (κ2) is 5.86. The van der Waals surface area contributed by atoms with Gasteiger partial charge in [-0.25, -0.2) is 0 Å². The zero-order valence-corrected chi connectivity index (χ0v) is 12.3. The number of carbonyl (C=O) groups is 1. The van der Waals surface area contributed by atoms with Gasteiger partial charge in [-0.05, 0) is 25.5 Å². The summed E-state index contributed by atoms with van der Waals surface area (Å²) in [5.41, 5.74) is 0.707. The molecule has 20 heavy (non-hydrogen) atoms. The van der Waals surface area contributed by atoms with Crippen LogP contribution in [0, 0.1) is 10.1 Å². The van der Waals surface area contributed by atoms with E-state index in [1.54, 1.807) is 30.9 Å². The number of amides is 1. The summed E-state index contributed by atoms with van der Waals surface area (Å²) in [6.07, 6.45) is 1.64. The molecular formula is C15H20N2O3. The van der Waals surface area contributed by atoms with Gasteiger partial charge in [0, 0.05) is 24.4 Å². The number of rotatable bonds is 3. The second-order valence-electron chi connectivity index (χ2n) is 4.79. The maximum absolute atomic E-state index is 12.3. The first kappa shape index (κ1) is 15.9. The number of carbonyl (C=O) groups excluding carboxylic acids is 1. The minimum atomic E-state index is -0.732. The monoisotopic (exact) mass is 276 g/mol. The maximum Gasteiger partial charge on any atom is 0.269 e. The van der Waals surface area contributed by atoms with Crippen molar-refractivity contribution in [2.75, 3.05) is 11.4 Å². The van der Waals surface area contributed by atoms with Gasteiger partial charge in [0.1, 0.15) is 0 Å². The molecule has 1 aliphatic heterocycles. The van der Waals surface area contributed by atoms with Crippen molar-refractivity contribution in [3.63, 3.8) is 0 Å². The third-order valence-corrected chi connectivity index (χ3v) is 3.25. The second-order valence-corrected chi connectivity index (χ2v) is 4.79. The van der Waals surface area contributed by atoms with E-state index in [2.05, 4.69) is 6.58 Å². The first-order chi connectivity index (χ1) is 9.39. The van der Waals surface area contributed by atoms with E-state index in [-0.39, 0.29) is 11.6 Å². The molecule has 0 fully saturated rings. The van der Waals surface area contributed by atoms with E-state index in [9.17, 15) is 14.9 Å². The third-order valence-electron chi connectivity index (χ3n) is 3.25. The Balaban J connectivity index is 0.000000956. The van der Waals surface area contributed by atoms with Crippen molar-refractivity contribution in [1.29, 1.82) is 0 Å². The highest BCUT2D eigenvalue weighted by Crippen LogP contribution is 2.42. The Kier molecular flexibility index (Phi) is 4.65. The van der Waals surface area contributed by atoms with Crippen LogP contribution in [0.2, 0.25) is 0 Å². The van der Waals surface area contributed by atoms with Gasteiger partial charge in [0.15, 0.2) is 0 Å². The molecule has 0 aliphatic carbocycles. The van der Waals surface area contributed by atoms with Gasteiger partial charge in [-0.1, -0.05) is 19.9 Å². The van der Waals surface area contributed by atoms with Crippen LogP contribution in [0.1, 0.15) is 33.3 Å². The van der Waals surface area contributed by atoms with E-state index < -0.39 is 10.3 Å². The number of nitro groups is 1. The average Bonchev–Trinajstić information content (AvgIpc) is 2.62. The lowest BCUT2D eigenvalue weighted by molar-refractivity contribution is -0.384. The van der Waals surface area contributed by atoms with Crippen LogP contribution >= 0.6 is 0 Å². The molecule has 5 nitrogen and oxygen atoms in total. The Morgan fingerprint density at radius 1 is 1.40 bits per heavy atom. The molecule has 0 saturated carbocycles. The fraction of sp³-hybridized carbons (Fsp3) is 0.400.